The summed E-state index contributed by atoms with van der Waals surface area (Å²) in [6.45, 7) is 6.89. The van der Waals surface area contributed by atoms with Crippen LogP contribution in [0.15, 0.2) is 24.3 Å². The first kappa shape index (κ1) is 10.3. The molecular formula is C13H19. The summed E-state index contributed by atoms with van der Waals surface area (Å²) in [6.07, 6.45) is 3.78. The van der Waals surface area contributed by atoms with E-state index in [4.69, 9.17) is 0 Å². The van der Waals surface area contributed by atoms with Crippen molar-refractivity contribution in [3.05, 3.63) is 35.9 Å². The van der Waals surface area contributed by atoms with E-state index in [1.807, 2.05) is 12.1 Å². The highest BCUT2D eigenvalue weighted by molar-refractivity contribution is 5.13. The second kappa shape index (κ2) is 4.45. The highest BCUT2D eigenvalue weighted by atomic mass is 14.1. The van der Waals surface area contributed by atoms with Gasteiger partial charge in [-0.2, -0.15) is 0 Å². The fourth-order valence-electron chi connectivity index (χ4n) is 1.41. The Balaban J connectivity index is 2.29. The number of benzene rings is 1. The van der Waals surface area contributed by atoms with E-state index in [1.165, 1.54) is 24.8 Å². The zero-order chi connectivity index (χ0) is 9.73. The van der Waals surface area contributed by atoms with Crippen molar-refractivity contribution in [2.45, 2.75) is 40.0 Å². The predicted octanol–water partition coefficient (Wildman–Crippen LogP) is 3.86. The Morgan fingerprint density at radius 3 is 2.31 bits per heavy atom. The third-order valence-corrected chi connectivity index (χ3v) is 2.18. The van der Waals surface area contributed by atoms with Crippen LogP contribution in [0.1, 0.15) is 39.2 Å². The zero-order valence-electron chi connectivity index (χ0n) is 8.93. The van der Waals surface area contributed by atoms with Gasteiger partial charge in [-0.1, -0.05) is 45.0 Å². The Morgan fingerprint density at radius 1 is 1.15 bits per heavy atom. The van der Waals surface area contributed by atoms with Gasteiger partial charge in [-0.3, -0.25) is 0 Å². The van der Waals surface area contributed by atoms with E-state index >= 15 is 0 Å². The lowest BCUT2D eigenvalue weighted by atomic mass is 9.89. The van der Waals surface area contributed by atoms with Crippen LogP contribution >= 0.6 is 0 Å². The van der Waals surface area contributed by atoms with E-state index < -0.39 is 0 Å². The fraction of sp³-hybridized carbons (Fsp3) is 0.538. The minimum absolute atomic E-state index is 0.473. The lowest BCUT2D eigenvalue weighted by Gasteiger charge is -2.17. The number of aryl methyl sites for hydroxylation is 1. The molecule has 0 spiro atoms. The molecule has 0 saturated heterocycles. The largest absolute Gasteiger partial charge is 0.0602 e. The molecule has 0 N–H and O–H groups in total. The summed E-state index contributed by atoms with van der Waals surface area (Å²) in [5.74, 6) is 0. The molecule has 0 heterocycles. The molecule has 0 atom stereocenters. The first-order chi connectivity index (χ1) is 6.08. The second-order valence-electron chi connectivity index (χ2n) is 4.82. The number of hydrogen-bond acceptors (Lipinski definition) is 0. The van der Waals surface area contributed by atoms with E-state index in [1.54, 1.807) is 0 Å². The van der Waals surface area contributed by atoms with Gasteiger partial charge in [0.2, 0.25) is 0 Å². The predicted molar refractivity (Wildman–Crippen MR) is 57.7 cm³/mol. The molecule has 0 amide bonds. The molecule has 0 heteroatoms. The van der Waals surface area contributed by atoms with Crippen LogP contribution in [0.25, 0.3) is 0 Å². The summed E-state index contributed by atoms with van der Waals surface area (Å²) in [5, 5.41) is 0. The summed E-state index contributed by atoms with van der Waals surface area (Å²) in [4.78, 5) is 0. The molecule has 1 rings (SSSR count). The van der Waals surface area contributed by atoms with E-state index in [0.29, 0.717) is 5.41 Å². The minimum Gasteiger partial charge on any atom is -0.0602 e. The van der Waals surface area contributed by atoms with E-state index in [2.05, 4.69) is 39.0 Å². The Hall–Kier alpha value is -0.780. The van der Waals surface area contributed by atoms with Gasteiger partial charge in [-0.25, -0.2) is 0 Å². The van der Waals surface area contributed by atoms with Crippen molar-refractivity contribution in [1.29, 1.82) is 0 Å². The molecular weight excluding hydrogens is 156 g/mol. The molecule has 0 nitrogen and oxygen atoms in total. The maximum atomic E-state index is 3.04. The lowest BCUT2D eigenvalue weighted by molar-refractivity contribution is 0.365. The summed E-state index contributed by atoms with van der Waals surface area (Å²) < 4.78 is 0. The summed E-state index contributed by atoms with van der Waals surface area (Å²) in [5.41, 5.74) is 1.91. The van der Waals surface area contributed by atoms with Gasteiger partial charge in [-0.05, 0) is 36.3 Å². The third kappa shape index (κ3) is 4.72. The first-order valence-electron chi connectivity index (χ1n) is 5.03. The highest BCUT2D eigenvalue weighted by Crippen LogP contribution is 2.21. The van der Waals surface area contributed by atoms with E-state index in [0.717, 1.165) is 0 Å². The Bertz CT molecular complexity index is 228. The van der Waals surface area contributed by atoms with Crippen molar-refractivity contribution in [2.75, 3.05) is 0 Å². The third-order valence-electron chi connectivity index (χ3n) is 2.18. The monoisotopic (exact) mass is 175 g/mol. The van der Waals surface area contributed by atoms with Crippen molar-refractivity contribution in [3.8, 4) is 0 Å². The number of hydrogen-bond donors (Lipinski definition) is 0. The molecule has 1 radical (unpaired) electrons. The van der Waals surface area contributed by atoms with Gasteiger partial charge in [0, 0.05) is 0 Å². The molecule has 0 bridgehead atoms. The lowest BCUT2D eigenvalue weighted by Crippen LogP contribution is -2.04. The molecule has 0 saturated carbocycles. The average Bonchev–Trinajstić information content (AvgIpc) is 2.04. The van der Waals surface area contributed by atoms with Crippen LogP contribution in [-0.4, -0.2) is 0 Å². The molecule has 1 aromatic rings. The topological polar surface area (TPSA) is 0 Å². The van der Waals surface area contributed by atoms with Crippen LogP contribution in [0, 0.1) is 11.5 Å². The average molecular weight is 175 g/mol. The van der Waals surface area contributed by atoms with Crippen LogP contribution in [0.3, 0.4) is 0 Å². The smallest absolute Gasteiger partial charge is 0.0184 e. The molecule has 71 valence electrons. The summed E-state index contributed by atoms with van der Waals surface area (Å²) in [7, 11) is 0. The second-order valence-corrected chi connectivity index (χ2v) is 4.82. The van der Waals surface area contributed by atoms with Crippen molar-refractivity contribution < 1.29 is 0 Å². The molecule has 0 aliphatic rings. The maximum Gasteiger partial charge on any atom is -0.0184 e. The molecule has 0 unspecified atom stereocenters. The van der Waals surface area contributed by atoms with Gasteiger partial charge in [-0.15, -0.1) is 0 Å². The van der Waals surface area contributed by atoms with Crippen molar-refractivity contribution in [1.82, 2.24) is 0 Å². The molecule has 13 heavy (non-hydrogen) atoms. The molecule has 1 aromatic carbocycles. The summed E-state index contributed by atoms with van der Waals surface area (Å²) in [6, 6.07) is 11.3. The van der Waals surface area contributed by atoms with Crippen LogP contribution in [0.2, 0.25) is 0 Å². The van der Waals surface area contributed by atoms with Gasteiger partial charge < -0.3 is 0 Å². The maximum absolute atomic E-state index is 3.04. The van der Waals surface area contributed by atoms with Crippen LogP contribution in [0.4, 0.5) is 0 Å². The van der Waals surface area contributed by atoms with Crippen molar-refractivity contribution in [3.63, 3.8) is 0 Å². The summed E-state index contributed by atoms with van der Waals surface area (Å²) >= 11 is 0. The number of rotatable bonds is 3. The molecule has 0 aliphatic heterocycles. The van der Waals surface area contributed by atoms with Crippen LogP contribution < -0.4 is 0 Å². The van der Waals surface area contributed by atoms with E-state index in [9.17, 15) is 0 Å². The standard InChI is InChI=1S/C13H19/c1-13(2,3)11-7-10-12-8-5-4-6-9-12/h5-6,8-9H,7,10-11H2,1-3H3. The normalized spacial score (nSPS) is 11.6. The van der Waals surface area contributed by atoms with Gasteiger partial charge in [0.25, 0.3) is 0 Å². The van der Waals surface area contributed by atoms with Gasteiger partial charge in [0.15, 0.2) is 0 Å². The Kier molecular flexibility index (Phi) is 3.53. The van der Waals surface area contributed by atoms with Crippen molar-refractivity contribution >= 4 is 0 Å². The van der Waals surface area contributed by atoms with Gasteiger partial charge in [0.05, 0.1) is 0 Å². The molecule has 0 fully saturated rings. The van der Waals surface area contributed by atoms with Crippen molar-refractivity contribution in [2.24, 2.45) is 5.41 Å². The van der Waals surface area contributed by atoms with Crippen LogP contribution in [-0.2, 0) is 6.42 Å². The van der Waals surface area contributed by atoms with Gasteiger partial charge >= 0.3 is 0 Å². The molecule has 0 aliphatic carbocycles. The Labute approximate surface area is 82.0 Å². The zero-order valence-corrected chi connectivity index (χ0v) is 8.93. The fourth-order valence-corrected chi connectivity index (χ4v) is 1.41. The Morgan fingerprint density at radius 2 is 1.77 bits per heavy atom. The highest BCUT2D eigenvalue weighted by Gasteiger charge is 2.08. The molecule has 0 aromatic heterocycles. The minimum atomic E-state index is 0.473. The van der Waals surface area contributed by atoms with Gasteiger partial charge in [0.1, 0.15) is 0 Å². The SMILES string of the molecule is CC(C)(C)CCCc1cc[c]cc1. The first-order valence-corrected chi connectivity index (χ1v) is 5.03. The van der Waals surface area contributed by atoms with E-state index in [-0.39, 0.29) is 0 Å². The van der Waals surface area contributed by atoms with Crippen LogP contribution in [0.5, 0.6) is 0 Å². The quantitative estimate of drug-likeness (QED) is 0.654.